The molecule has 134 valence electrons. The van der Waals surface area contributed by atoms with Gasteiger partial charge in [-0.3, -0.25) is 4.79 Å². The van der Waals surface area contributed by atoms with Gasteiger partial charge in [-0.15, -0.1) is 0 Å². The summed E-state index contributed by atoms with van der Waals surface area (Å²) in [6, 6.07) is 6.56. The molecule has 0 bridgehead atoms. The first kappa shape index (κ1) is 16.8. The standard InChI is InChI=1S/C19H20ClN5O/c1-12-3-4-14(13(2)7-12)8-15-9-21-17-11-24(5-6-25(15)17)16-10-22-23-19(26)18(16)20/h3-4,7,9-10H,5-6,8,11H2,1-2H3,(H,23,26). The number of aromatic nitrogens is 4. The third kappa shape index (κ3) is 3.01. The maximum atomic E-state index is 11.7. The summed E-state index contributed by atoms with van der Waals surface area (Å²) in [7, 11) is 0. The van der Waals surface area contributed by atoms with Crippen molar-refractivity contribution >= 4 is 17.3 Å². The summed E-state index contributed by atoms with van der Waals surface area (Å²) >= 11 is 6.14. The minimum atomic E-state index is -0.367. The molecule has 0 aliphatic carbocycles. The van der Waals surface area contributed by atoms with Crippen LogP contribution in [0.5, 0.6) is 0 Å². The van der Waals surface area contributed by atoms with Crippen LogP contribution in [0.1, 0.15) is 28.2 Å². The molecular weight excluding hydrogens is 350 g/mol. The largest absolute Gasteiger partial charge is 0.360 e. The van der Waals surface area contributed by atoms with Crippen LogP contribution in [0.25, 0.3) is 0 Å². The predicted molar refractivity (Wildman–Crippen MR) is 102 cm³/mol. The summed E-state index contributed by atoms with van der Waals surface area (Å²) in [5, 5.41) is 6.39. The molecule has 7 heteroatoms. The Morgan fingerprint density at radius 3 is 2.88 bits per heavy atom. The Kier molecular flexibility index (Phi) is 4.28. The first-order chi connectivity index (χ1) is 12.5. The Balaban J connectivity index is 1.59. The maximum Gasteiger partial charge on any atom is 0.285 e. The summed E-state index contributed by atoms with van der Waals surface area (Å²) in [6.45, 7) is 6.44. The molecule has 3 heterocycles. The van der Waals surface area contributed by atoms with E-state index in [-0.39, 0.29) is 10.6 Å². The van der Waals surface area contributed by atoms with E-state index in [1.54, 1.807) is 6.20 Å². The second-order valence-electron chi connectivity index (χ2n) is 6.74. The van der Waals surface area contributed by atoms with E-state index in [1.165, 1.54) is 22.4 Å². The molecule has 0 saturated carbocycles. The zero-order valence-electron chi connectivity index (χ0n) is 14.8. The number of nitrogens with zero attached hydrogens (tertiary/aromatic N) is 4. The molecule has 2 aromatic heterocycles. The van der Waals surface area contributed by atoms with Gasteiger partial charge in [0.2, 0.25) is 0 Å². The zero-order chi connectivity index (χ0) is 18.3. The van der Waals surface area contributed by atoms with Gasteiger partial charge in [0.25, 0.3) is 5.56 Å². The quantitative estimate of drug-likeness (QED) is 0.771. The van der Waals surface area contributed by atoms with Crippen molar-refractivity contribution in [2.24, 2.45) is 0 Å². The lowest BCUT2D eigenvalue weighted by atomic mass is 10.0. The van der Waals surface area contributed by atoms with Gasteiger partial charge in [0.15, 0.2) is 0 Å². The molecule has 26 heavy (non-hydrogen) atoms. The van der Waals surface area contributed by atoms with Crippen molar-refractivity contribution in [2.45, 2.75) is 33.4 Å². The van der Waals surface area contributed by atoms with Crippen LogP contribution in [0.15, 0.2) is 35.4 Å². The maximum absolute atomic E-state index is 11.7. The second-order valence-corrected chi connectivity index (χ2v) is 7.12. The van der Waals surface area contributed by atoms with Crippen LogP contribution in [-0.2, 0) is 19.5 Å². The van der Waals surface area contributed by atoms with Crippen LogP contribution in [0.2, 0.25) is 5.02 Å². The third-order valence-electron chi connectivity index (χ3n) is 4.93. The molecule has 0 spiro atoms. The Morgan fingerprint density at radius 1 is 1.23 bits per heavy atom. The highest BCUT2D eigenvalue weighted by Crippen LogP contribution is 2.26. The van der Waals surface area contributed by atoms with Crippen LogP contribution in [0.3, 0.4) is 0 Å². The number of hydrogen-bond acceptors (Lipinski definition) is 4. The molecule has 0 radical (unpaired) electrons. The van der Waals surface area contributed by atoms with E-state index in [1.807, 2.05) is 11.1 Å². The van der Waals surface area contributed by atoms with Crippen LogP contribution < -0.4 is 10.5 Å². The van der Waals surface area contributed by atoms with E-state index in [9.17, 15) is 4.79 Å². The van der Waals surface area contributed by atoms with Gasteiger partial charge < -0.3 is 9.47 Å². The van der Waals surface area contributed by atoms with E-state index >= 15 is 0 Å². The van der Waals surface area contributed by atoms with Crippen LogP contribution in [0.4, 0.5) is 5.69 Å². The van der Waals surface area contributed by atoms with Crippen LogP contribution in [-0.4, -0.2) is 26.3 Å². The number of anilines is 1. The summed E-state index contributed by atoms with van der Waals surface area (Å²) in [4.78, 5) is 18.3. The molecule has 0 unspecified atom stereocenters. The molecule has 1 aliphatic heterocycles. The van der Waals surface area contributed by atoms with Gasteiger partial charge in [0.1, 0.15) is 10.8 Å². The molecule has 4 rings (SSSR count). The van der Waals surface area contributed by atoms with Crippen molar-refractivity contribution in [3.63, 3.8) is 0 Å². The highest BCUT2D eigenvalue weighted by Gasteiger charge is 2.22. The molecule has 6 nitrogen and oxygen atoms in total. The molecule has 1 aliphatic rings. The number of H-pyrrole nitrogens is 1. The Morgan fingerprint density at radius 2 is 2.08 bits per heavy atom. The smallest absolute Gasteiger partial charge is 0.285 e. The Hall–Kier alpha value is -2.60. The average Bonchev–Trinajstić information content (AvgIpc) is 3.02. The molecule has 0 saturated heterocycles. The van der Waals surface area contributed by atoms with Gasteiger partial charge in [0.05, 0.1) is 18.4 Å². The fourth-order valence-electron chi connectivity index (χ4n) is 3.50. The molecule has 1 N–H and O–H groups in total. The Bertz CT molecular complexity index is 1020. The van der Waals surface area contributed by atoms with E-state index < -0.39 is 0 Å². The van der Waals surface area contributed by atoms with Gasteiger partial charge in [-0.1, -0.05) is 35.4 Å². The summed E-state index contributed by atoms with van der Waals surface area (Å²) < 4.78 is 2.27. The van der Waals surface area contributed by atoms with Gasteiger partial charge >= 0.3 is 0 Å². The SMILES string of the molecule is Cc1ccc(Cc2cnc3n2CCN(c2cn[nH]c(=O)c2Cl)C3)c(C)c1. The first-order valence-corrected chi connectivity index (χ1v) is 8.98. The fraction of sp³-hybridized carbons (Fsp3) is 0.316. The molecule has 0 fully saturated rings. The van der Waals surface area contributed by atoms with Crippen molar-refractivity contribution in [3.8, 4) is 0 Å². The van der Waals surface area contributed by atoms with Crippen LogP contribution in [0, 0.1) is 13.8 Å². The monoisotopic (exact) mass is 369 g/mol. The van der Waals surface area contributed by atoms with Gasteiger partial charge in [-0.05, 0) is 25.0 Å². The zero-order valence-corrected chi connectivity index (χ0v) is 15.5. The minimum Gasteiger partial charge on any atom is -0.360 e. The number of nitrogens with one attached hydrogen (secondary N) is 1. The number of halogens is 1. The summed E-state index contributed by atoms with van der Waals surface area (Å²) in [5.74, 6) is 0.979. The lowest BCUT2D eigenvalue weighted by molar-refractivity contribution is 0.546. The van der Waals surface area contributed by atoms with E-state index in [2.05, 4.69) is 51.8 Å². The van der Waals surface area contributed by atoms with Crippen molar-refractivity contribution in [2.75, 3.05) is 11.4 Å². The summed E-state index contributed by atoms with van der Waals surface area (Å²) in [5.41, 5.74) is 5.40. The number of rotatable bonds is 3. The normalized spacial score (nSPS) is 13.7. The number of benzene rings is 1. The van der Waals surface area contributed by atoms with Crippen LogP contribution >= 0.6 is 11.6 Å². The minimum absolute atomic E-state index is 0.176. The van der Waals surface area contributed by atoms with E-state index in [0.29, 0.717) is 12.2 Å². The average molecular weight is 370 g/mol. The number of aromatic amines is 1. The predicted octanol–water partition coefficient (Wildman–Crippen LogP) is 2.85. The fourth-order valence-corrected chi connectivity index (χ4v) is 3.71. The Labute approximate surface area is 156 Å². The van der Waals surface area contributed by atoms with Gasteiger partial charge in [-0.2, -0.15) is 5.10 Å². The van der Waals surface area contributed by atoms with E-state index in [4.69, 9.17) is 11.6 Å². The molecule has 1 aromatic carbocycles. The van der Waals surface area contributed by atoms with Gasteiger partial charge in [0, 0.05) is 31.4 Å². The lowest BCUT2D eigenvalue weighted by Gasteiger charge is -2.30. The topological polar surface area (TPSA) is 66.8 Å². The lowest BCUT2D eigenvalue weighted by Crippen LogP contribution is -2.35. The number of imidazole rings is 1. The molecule has 0 amide bonds. The van der Waals surface area contributed by atoms with Crippen molar-refractivity contribution < 1.29 is 0 Å². The molecule has 3 aromatic rings. The second kappa shape index (κ2) is 6.61. The van der Waals surface area contributed by atoms with E-state index in [0.717, 1.165) is 25.3 Å². The highest BCUT2D eigenvalue weighted by molar-refractivity contribution is 6.32. The number of aryl methyl sites for hydroxylation is 2. The van der Waals surface area contributed by atoms with Gasteiger partial charge in [-0.25, -0.2) is 10.1 Å². The molecular formula is C19H20ClN5O. The third-order valence-corrected chi connectivity index (χ3v) is 5.30. The first-order valence-electron chi connectivity index (χ1n) is 8.60. The highest BCUT2D eigenvalue weighted by atomic mass is 35.5. The van der Waals surface area contributed by atoms with Crippen molar-refractivity contribution in [1.82, 2.24) is 19.7 Å². The number of fused-ring (bicyclic) bond motifs is 1. The van der Waals surface area contributed by atoms with Crippen molar-refractivity contribution in [3.05, 3.63) is 74.2 Å². The molecule has 0 atom stereocenters. The summed E-state index contributed by atoms with van der Waals surface area (Å²) in [6.07, 6.45) is 4.42. The number of hydrogen-bond donors (Lipinski definition) is 1. The van der Waals surface area contributed by atoms with Crippen molar-refractivity contribution in [1.29, 1.82) is 0 Å².